The molecule has 0 unspecified atom stereocenters. The third-order valence-corrected chi connectivity index (χ3v) is 4.69. The second-order valence-corrected chi connectivity index (χ2v) is 6.15. The van der Waals surface area contributed by atoms with Crippen molar-refractivity contribution in [1.29, 1.82) is 0 Å². The molecule has 4 rings (SSSR count). The summed E-state index contributed by atoms with van der Waals surface area (Å²) in [7, 11) is 0. The van der Waals surface area contributed by atoms with E-state index in [2.05, 4.69) is 20.3 Å². The van der Waals surface area contributed by atoms with E-state index in [1.54, 1.807) is 16.9 Å². The maximum Gasteiger partial charge on any atom is 0.242 e. The first kappa shape index (κ1) is 14.4. The van der Waals surface area contributed by atoms with Gasteiger partial charge in [0.05, 0.1) is 6.20 Å². The molecule has 0 radical (unpaired) electrons. The minimum Gasteiger partial charge on any atom is -0.381 e. The quantitative estimate of drug-likeness (QED) is 0.914. The van der Waals surface area contributed by atoms with Crippen molar-refractivity contribution < 1.29 is 9.53 Å². The zero-order valence-corrected chi connectivity index (χ0v) is 13.0. The monoisotopic (exact) mass is 315 g/mol. The second-order valence-electron chi connectivity index (χ2n) is 6.15. The molecule has 2 aliphatic heterocycles. The van der Waals surface area contributed by atoms with Crippen molar-refractivity contribution in [3.8, 4) is 0 Å². The standard InChI is InChI=1S/C16H21N5O2/c22-16(19-12-5-10-23-11-6-12)13-2-1-9-20(13)15-4-7-17-14-3-8-18-21(14)15/h3-4,7-8,12-13H,1-2,5-6,9-11H2,(H,19,22)/t13-/m0/s1. The van der Waals surface area contributed by atoms with Crippen LogP contribution < -0.4 is 10.2 Å². The van der Waals surface area contributed by atoms with Crippen LogP contribution >= 0.6 is 0 Å². The highest BCUT2D eigenvalue weighted by Crippen LogP contribution is 2.26. The van der Waals surface area contributed by atoms with Crippen molar-refractivity contribution in [1.82, 2.24) is 19.9 Å². The summed E-state index contributed by atoms with van der Waals surface area (Å²) in [5, 5.41) is 7.53. The summed E-state index contributed by atoms with van der Waals surface area (Å²) in [6, 6.07) is 3.91. The number of hydrogen-bond donors (Lipinski definition) is 1. The summed E-state index contributed by atoms with van der Waals surface area (Å²) in [6.07, 6.45) is 7.20. The topological polar surface area (TPSA) is 71.8 Å². The van der Waals surface area contributed by atoms with Gasteiger partial charge in [0.1, 0.15) is 11.9 Å². The van der Waals surface area contributed by atoms with Crippen LogP contribution in [0.15, 0.2) is 24.5 Å². The minimum absolute atomic E-state index is 0.117. The van der Waals surface area contributed by atoms with Gasteiger partial charge in [0, 0.05) is 38.1 Å². The normalized spacial score (nSPS) is 22.6. The Kier molecular flexibility index (Phi) is 3.87. The lowest BCUT2D eigenvalue weighted by atomic mass is 10.1. The molecule has 4 heterocycles. The first-order chi connectivity index (χ1) is 11.3. The van der Waals surface area contributed by atoms with Gasteiger partial charge in [0.25, 0.3) is 0 Å². The van der Waals surface area contributed by atoms with E-state index in [1.807, 2.05) is 12.1 Å². The van der Waals surface area contributed by atoms with Gasteiger partial charge in [0.15, 0.2) is 5.65 Å². The van der Waals surface area contributed by atoms with E-state index in [-0.39, 0.29) is 18.0 Å². The molecule has 0 aliphatic carbocycles. The number of hydrogen-bond acceptors (Lipinski definition) is 5. The molecule has 2 fully saturated rings. The predicted molar refractivity (Wildman–Crippen MR) is 85.3 cm³/mol. The number of rotatable bonds is 3. The number of nitrogens with one attached hydrogen (secondary N) is 1. The lowest BCUT2D eigenvalue weighted by molar-refractivity contribution is -0.123. The number of amides is 1. The Bertz CT molecular complexity index is 695. The minimum atomic E-state index is -0.132. The highest BCUT2D eigenvalue weighted by molar-refractivity contribution is 5.86. The SMILES string of the molecule is O=C(NC1CCOCC1)[C@@H]1CCCN1c1ccnc2ccnn12. The molecule has 122 valence electrons. The predicted octanol–water partition coefficient (Wildman–Crippen LogP) is 0.993. The number of anilines is 1. The van der Waals surface area contributed by atoms with Crippen LogP contribution in [0, 0.1) is 0 Å². The molecule has 23 heavy (non-hydrogen) atoms. The second kappa shape index (κ2) is 6.16. The lowest BCUT2D eigenvalue weighted by Gasteiger charge is -2.29. The van der Waals surface area contributed by atoms with Gasteiger partial charge in [-0.1, -0.05) is 0 Å². The first-order valence-electron chi connectivity index (χ1n) is 8.26. The van der Waals surface area contributed by atoms with Crippen LogP contribution in [0.3, 0.4) is 0 Å². The van der Waals surface area contributed by atoms with Crippen LogP contribution in [0.2, 0.25) is 0 Å². The molecule has 1 amide bonds. The van der Waals surface area contributed by atoms with E-state index in [0.717, 1.165) is 56.9 Å². The zero-order chi connectivity index (χ0) is 15.6. The molecule has 7 heteroatoms. The largest absolute Gasteiger partial charge is 0.381 e. The van der Waals surface area contributed by atoms with Gasteiger partial charge in [-0.3, -0.25) is 4.79 Å². The fourth-order valence-electron chi connectivity index (χ4n) is 3.49. The summed E-state index contributed by atoms with van der Waals surface area (Å²) in [4.78, 5) is 19.2. The molecule has 0 saturated carbocycles. The molecular formula is C16H21N5O2. The fourth-order valence-corrected chi connectivity index (χ4v) is 3.49. The number of carbonyl (C=O) groups is 1. The van der Waals surface area contributed by atoms with Crippen molar-refractivity contribution in [2.24, 2.45) is 0 Å². The number of carbonyl (C=O) groups excluding carboxylic acids is 1. The van der Waals surface area contributed by atoms with E-state index in [9.17, 15) is 4.79 Å². The summed E-state index contributed by atoms with van der Waals surface area (Å²) in [5.41, 5.74) is 0.804. The fraction of sp³-hybridized carbons (Fsp3) is 0.562. The molecule has 2 aromatic heterocycles. The number of nitrogens with zero attached hydrogens (tertiary/aromatic N) is 4. The first-order valence-corrected chi connectivity index (χ1v) is 8.26. The van der Waals surface area contributed by atoms with Gasteiger partial charge >= 0.3 is 0 Å². The molecule has 0 aromatic carbocycles. The molecule has 1 atom stereocenters. The molecule has 7 nitrogen and oxygen atoms in total. The molecular weight excluding hydrogens is 294 g/mol. The number of ether oxygens (including phenoxy) is 1. The molecule has 2 saturated heterocycles. The summed E-state index contributed by atoms with van der Waals surface area (Å²) in [5.74, 6) is 1.05. The van der Waals surface area contributed by atoms with Gasteiger partial charge in [-0.15, -0.1) is 0 Å². The smallest absolute Gasteiger partial charge is 0.242 e. The van der Waals surface area contributed by atoms with E-state index < -0.39 is 0 Å². The van der Waals surface area contributed by atoms with E-state index in [0.29, 0.717) is 0 Å². The summed E-state index contributed by atoms with van der Waals surface area (Å²) in [6.45, 7) is 2.33. The van der Waals surface area contributed by atoms with Crippen molar-refractivity contribution in [3.05, 3.63) is 24.5 Å². The van der Waals surface area contributed by atoms with Gasteiger partial charge in [0.2, 0.25) is 5.91 Å². The van der Waals surface area contributed by atoms with Crippen molar-refractivity contribution in [3.63, 3.8) is 0 Å². The van der Waals surface area contributed by atoms with E-state index >= 15 is 0 Å². The average Bonchev–Trinajstić information content (AvgIpc) is 3.24. The average molecular weight is 315 g/mol. The van der Waals surface area contributed by atoms with E-state index in [1.165, 1.54) is 0 Å². The van der Waals surface area contributed by atoms with Crippen molar-refractivity contribution >= 4 is 17.4 Å². The Hall–Kier alpha value is -2.15. The third-order valence-electron chi connectivity index (χ3n) is 4.69. The van der Waals surface area contributed by atoms with Crippen LogP contribution in [0.5, 0.6) is 0 Å². The Balaban J connectivity index is 1.54. The lowest BCUT2D eigenvalue weighted by Crippen LogP contribution is -2.48. The Morgan fingerprint density at radius 2 is 2.09 bits per heavy atom. The van der Waals surface area contributed by atoms with Gasteiger partial charge < -0.3 is 15.0 Å². The summed E-state index contributed by atoms with van der Waals surface area (Å²) < 4.78 is 7.16. The number of aromatic nitrogens is 3. The molecule has 2 aromatic rings. The Morgan fingerprint density at radius 3 is 2.96 bits per heavy atom. The van der Waals surface area contributed by atoms with Crippen molar-refractivity contribution in [2.75, 3.05) is 24.7 Å². The van der Waals surface area contributed by atoms with Gasteiger partial charge in [-0.2, -0.15) is 9.61 Å². The Labute approximate surface area is 134 Å². The Morgan fingerprint density at radius 1 is 1.22 bits per heavy atom. The highest BCUT2D eigenvalue weighted by Gasteiger charge is 2.33. The zero-order valence-electron chi connectivity index (χ0n) is 13.0. The van der Waals surface area contributed by atoms with Crippen LogP contribution in [0.4, 0.5) is 5.82 Å². The van der Waals surface area contributed by atoms with Crippen LogP contribution in [0.25, 0.3) is 5.65 Å². The molecule has 0 bridgehead atoms. The van der Waals surface area contributed by atoms with Crippen LogP contribution in [0.1, 0.15) is 25.7 Å². The van der Waals surface area contributed by atoms with Crippen LogP contribution in [-0.2, 0) is 9.53 Å². The van der Waals surface area contributed by atoms with Crippen LogP contribution in [-0.4, -0.2) is 52.3 Å². The molecule has 1 N–H and O–H groups in total. The van der Waals surface area contributed by atoms with Crippen molar-refractivity contribution in [2.45, 2.75) is 37.8 Å². The van der Waals surface area contributed by atoms with Gasteiger partial charge in [-0.05, 0) is 31.7 Å². The van der Waals surface area contributed by atoms with Gasteiger partial charge in [-0.25, -0.2) is 4.98 Å². The molecule has 2 aliphatic rings. The van der Waals surface area contributed by atoms with E-state index in [4.69, 9.17) is 4.74 Å². The maximum atomic E-state index is 12.7. The summed E-state index contributed by atoms with van der Waals surface area (Å²) >= 11 is 0. The highest BCUT2D eigenvalue weighted by atomic mass is 16.5. The molecule has 0 spiro atoms. The number of fused-ring (bicyclic) bond motifs is 1. The third kappa shape index (κ3) is 2.76. The maximum absolute atomic E-state index is 12.7.